The van der Waals surface area contributed by atoms with Crippen molar-refractivity contribution in [2.24, 2.45) is 0 Å². The Hall–Kier alpha value is -2.99. The Morgan fingerprint density at radius 3 is 2.67 bits per heavy atom. The Kier molecular flexibility index (Phi) is 5.66. The van der Waals surface area contributed by atoms with Crippen molar-refractivity contribution in [2.75, 3.05) is 18.5 Å². The number of nitrogens with zero attached hydrogens (tertiary/aromatic N) is 1. The summed E-state index contributed by atoms with van der Waals surface area (Å²) < 4.78 is 7.32. The molecule has 3 rings (SSSR count). The minimum Gasteiger partial charge on any atom is -0.492 e. The first-order valence-corrected chi connectivity index (χ1v) is 8.90. The average Bonchev–Trinajstić information content (AvgIpc) is 2.66. The molecule has 27 heavy (non-hydrogen) atoms. The van der Waals surface area contributed by atoms with Gasteiger partial charge in [0.1, 0.15) is 17.9 Å². The third-order valence-electron chi connectivity index (χ3n) is 4.17. The number of hydrogen-bond acceptors (Lipinski definition) is 4. The van der Waals surface area contributed by atoms with Crippen LogP contribution >= 0.6 is 11.6 Å². The van der Waals surface area contributed by atoms with E-state index in [0.717, 1.165) is 5.75 Å². The molecule has 2 aromatic carbocycles. The molecule has 0 aliphatic heterocycles. The largest absolute Gasteiger partial charge is 0.492 e. The first-order valence-electron chi connectivity index (χ1n) is 8.53. The van der Waals surface area contributed by atoms with E-state index in [9.17, 15) is 14.7 Å². The van der Waals surface area contributed by atoms with Crippen molar-refractivity contribution in [3.63, 3.8) is 0 Å². The van der Waals surface area contributed by atoms with Crippen molar-refractivity contribution >= 4 is 34.2 Å². The van der Waals surface area contributed by atoms with E-state index in [1.165, 1.54) is 6.20 Å². The van der Waals surface area contributed by atoms with Gasteiger partial charge in [0.25, 0.3) is 0 Å². The number of aromatic nitrogens is 1. The molecule has 0 saturated heterocycles. The van der Waals surface area contributed by atoms with E-state index in [4.69, 9.17) is 16.3 Å². The molecule has 0 saturated carbocycles. The molecule has 0 spiro atoms. The number of rotatable bonds is 7. The van der Waals surface area contributed by atoms with Gasteiger partial charge in [-0.2, -0.15) is 0 Å². The maximum atomic E-state index is 12.5. The Bertz CT molecular complexity index is 1030. The van der Waals surface area contributed by atoms with Crippen LogP contribution in [0.15, 0.2) is 53.5 Å². The molecule has 3 aromatic rings. The van der Waals surface area contributed by atoms with Crippen molar-refractivity contribution < 1.29 is 14.6 Å². The maximum Gasteiger partial charge on any atom is 0.341 e. The van der Waals surface area contributed by atoms with Gasteiger partial charge in [-0.3, -0.25) is 4.79 Å². The molecular formula is C20H19ClN2O4. The number of carboxylic acid groups (broad SMARTS) is 1. The van der Waals surface area contributed by atoms with Gasteiger partial charge in [0.05, 0.1) is 16.2 Å². The zero-order valence-electron chi connectivity index (χ0n) is 14.7. The second kappa shape index (κ2) is 8.14. The Balaban J connectivity index is 1.85. The van der Waals surface area contributed by atoms with Crippen LogP contribution in [0.4, 0.5) is 5.69 Å². The number of anilines is 1. The lowest BCUT2D eigenvalue weighted by molar-refractivity contribution is 0.0695. The number of aromatic carboxylic acids is 1. The van der Waals surface area contributed by atoms with Gasteiger partial charge >= 0.3 is 5.97 Å². The van der Waals surface area contributed by atoms with Crippen LogP contribution < -0.4 is 15.5 Å². The predicted octanol–water partition coefficient (Wildman–Crippen LogP) is 3.86. The fraction of sp³-hybridized carbons (Fsp3) is 0.200. The monoisotopic (exact) mass is 386 g/mol. The van der Waals surface area contributed by atoms with Gasteiger partial charge in [0, 0.05) is 24.7 Å². The fourth-order valence-electron chi connectivity index (χ4n) is 2.83. The number of aryl methyl sites for hydroxylation is 1. The van der Waals surface area contributed by atoms with Crippen LogP contribution in [-0.2, 0) is 6.54 Å². The summed E-state index contributed by atoms with van der Waals surface area (Å²) in [6.45, 7) is 3.27. The van der Waals surface area contributed by atoms with E-state index in [2.05, 4.69) is 5.32 Å². The van der Waals surface area contributed by atoms with Crippen molar-refractivity contribution in [1.82, 2.24) is 4.57 Å². The number of hydrogen-bond donors (Lipinski definition) is 2. The third-order valence-corrected chi connectivity index (χ3v) is 4.48. The molecule has 7 heteroatoms. The second-order valence-electron chi connectivity index (χ2n) is 5.90. The predicted molar refractivity (Wildman–Crippen MR) is 106 cm³/mol. The van der Waals surface area contributed by atoms with Crippen molar-refractivity contribution in [3.05, 3.63) is 69.5 Å². The van der Waals surface area contributed by atoms with Crippen LogP contribution in [0.1, 0.15) is 17.3 Å². The molecule has 0 fully saturated rings. The number of carboxylic acids is 1. The average molecular weight is 387 g/mol. The quantitative estimate of drug-likeness (QED) is 0.602. The lowest BCUT2D eigenvalue weighted by atomic mass is 10.1. The van der Waals surface area contributed by atoms with Gasteiger partial charge in [-0.15, -0.1) is 0 Å². The highest BCUT2D eigenvalue weighted by Gasteiger charge is 2.16. The van der Waals surface area contributed by atoms with Crippen molar-refractivity contribution in [2.45, 2.75) is 13.5 Å². The van der Waals surface area contributed by atoms with E-state index in [1.807, 2.05) is 37.3 Å². The molecule has 0 aliphatic rings. The highest BCUT2D eigenvalue weighted by atomic mass is 35.5. The minimum absolute atomic E-state index is 0.259. The van der Waals surface area contributed by atoms with Crippen LogP contribution in [0.5, 0.6) is 5.75 Å². The van der Waals surface area contributed by atoms with Crippen LogP contribution in [0, 0.1) is 0 Å². The third kappa shape index (κ3) is 4.06. The van der Waals surface area contributed by atoms with Crippen LogP contribution in [-0.4, -0.2) is 28.8 Å². The van der Waals surface area contributed by atoms with Gasteiger partial charge < -0.3 is 19.7 Å². The molecule has 2 N–H and O–H groups in total. The topological polar surface area (TPSA) is 80.6 Å². The first kappa shape index (κ1) is 18.8. The van der Waals surface area contributed by atoms with Gasteiger partial charge in [-0.25, -0.2) is 4.79 Å². The molecule has 6 nitrogen and oxygen atoms in total. The van der Waals surface area contributed by atoms with Crippen LogP contribution in [0.25, 0.3) is 10.9 Å². The summed E-state index contributed by atoms with van der Waals surface area (Å²) >= 11 is 6.35. The Morgan fingerprint density at radius 1 is 1.26 bits per heavy atom. The summed E-state index contributed by atoms with van der Waals surface area (Å²) in [6.07, 6.45) is 1.35. The molecular weight excluding hydrogens is 368 g/mol. The van der Waals surface area contributed by atoms with Gasteiger partial charge in [0.2, 0.25) is 5.43 Å². The second-order valence-corrected chi connectivity index (χ2v) is 6.31. The SMILES string of the molecule is CCn1cc(C(=O)O)c(=O)c2cc(NCCOc3ccccc3)c(Cl)cc21. The highest BCUT2D eigenvalue weighted by Crippen LogP contribution is 2.27. The fourth-order valence-corrected chi connectivity index (χ4v) is 3.06. The maximum absolute atomic E-state index is 12.5. The first-order chi connectivity index (χ1) is 13.0. The zero-order chi connectivity index (χ0) is 19.4. The summed E-state index contributed by atoms with van der Waals surface area (Å²) in [5, 5.41) is 13.2. The number of carbonyl (C=O) groups is 1. The highest BCUT2D eigenvalue weighted by molar-refractivity contribution is 6.34. The summed E-state index contributed by atoms with van der Waals surface area (Å²) in [6, 6.07) is 12.7. The van der Waals surface area contributed by atoms with Gasteiger partial charge in [0.15, 0.2) is 0 Å². The summed E-state index contributed by atoms with van der Waals surface area (Å²) in [4.78, 5) is 23.9. The number of nitrogens with one attached hydrogen (secondary N) is 1. The summed E-state index contributed by atoms with van der Waals surface area (Å²) in [5.41, 5.74) is 0.374. The molecule has 0 bridgehead atoms. The lowest BCUT2D eigenvalue weighted by Crippen LogP contribution is -2.19. The summed E-state index contributed by atoms with van der Waals surface area (Å²) in [7, 11) is 0. The Labute approximate surface area is 161 Å². The molecule has 0 aliphatic carbocycles. The molecule has 0 amide bonds. The molecule has 1 heterocycles. The summed E-state index contributed by atoms with van der Waals surface area (Å²) in [5.74, 6) is -0.481. The smallest absolute Gasteiger partial charge is 0.341 e. The normalized spacial score (nSPS) is 10.7. The number of para-hydroxylation sites is 1. The molecule has 140 valence electrons. The molecule has 1 aromatic heterocycles. The standard InChI is InChI=1S/C20H19ClN2O4/c1-2-23-12-15(20(25)26)19(24)14-10-17(16(21)11-18(14)23)22-8-9-27-13-6-4-3-5-7-13/h3-7,10-12,22H,2,8-9H2,1H3,(H,25,26). The molecule has 0 radical (unpaired) electrons. The van der Waals surface area contributed by atoms with Crippen LogP contribution in [0.2, 0.25) is 5.02 Å². The van der Waals surface area contributed by atoms with E-state index < -0.39 is 11.4 Å². The zero-order valence-corrected chi connectivity index (χ0v) is 15.5. The number of halogens is 1. The number of pyridine rings is 1. The minimum atomic E-state index is -1.25. The van der Waals surface area contributed by atoms with Gasteiger partial charge in [-0.1, -0.05) is 29.8 Å². The molecule has 0 unspecified atom stereocenters. The van der Waals surface area contributed by atoms with Crippen molar-refractivity contribution in [1.29, 1.82) is 0 Å². The van der Waals surface area contributed by atoms with Gasteiger partial charge in [-0.05, 0) is 31.2 Å². The number of benzene rings is 2. The van der Waals surface area contributed by atoms with E-state index >= 15 is 0 Å². The number of ether oxygens (including phenoxy) is 1. The van der Waals surface area contributed by atoms with E-state index in [1.54, 1.807) is 16.7 Å². The van der Waals surface area contributed by atoms with E-state index in [-0.39, 0.29) is 5.56 Å². The van der Waals surface area contributed by atoms with Crippen molar-refractivity contribution in [3.8, 4) is 5.75 Å². The number of fused-ring (bicyclic) bond motifs is 1. The van der Waals surface area contributed by atoms with Crippen LogP contribution in [0.3, 0.4) is 0 Å². The molecule has 0 atom stereocenters. The van der Waals surface area contributed by atoms with E-state index in [0.29, 0.717) is 41.3 Å². The Morgan fingerprint density at radius 2 is 2.00 bits per heavy atom. The lowest BCUT2D eigenvalue weighted by Gasteiger charge is -2.14.